The lowest BCUT2D eigenvalue weighted by Crippen LogP contribution is -2.39. The van der Waals surface area contributed by atoms with E-state index in [0.29, 0.717) is 33.4 Å². The van der Waals surface area contributed by atoms with E-state index in [1.54, 1.807) is 11.8 Å². The van der Waals surface area contributed by atoms with Crippen molar-refractivity contribution in [1.29, 1.82) is 0 Å². The van der Waals surface area contributed by atoms with Crippen molar-refractivity contribution in [2.75, 3.05) is 32.7 Å². The van der Waals surface area contributed by atoms with E-state index in [1.807, 2.05) is 0 Å². The zero-order chi connectivity index (χ0) is 23.5. The fourth-order valence-electron chi connectivity index (χ4n) is 4.29. The van der Waals surface area contributed by atoms with Crippen LogP contribution in [0.1, 0.15) is 48.1 Å². The van der Waals surface area contributed by atoms with E-state index >= 15 is 0 Å². The van der Waals surface area contributed by atoms with E-state index in [-0.39, 0.29) is 30.9 Å². The third kappa shape index (κ3) is 5.28. The highest BCUT2D eigenvalue weighted by Gasteiger charge is 2.30. The zero-order valence-corrected chi connectivity index (χ0v) is 19.7. The van der Waals surface area contributed by atoms with Gasteiger partial charge in [-0.1, -0.05) is 18.5 Å². The number of piperidine rings is 1. The molecule has 1 aromatic heterocycles. The summed E-state index contributed by atoms with van der Waals surface area (Å²) in [5.74, 6) is 0.0329. The maximum atomic E-state index is 14.1. The summed E-state index contributed by atoms with van der Waals surface area (Å²) in [6, 6.07) is 4.06. The maximum Gasteiger partial charge on any atom is 0.258 e. The molecule has 3 heterocycles. The Morgan fingerprint density at radius 1 is 1.30 bits per heavy atom. The van der Waals surface area contributed by atoms with Gasteiger partial charge in [0.15, 0.2) is 5.82 Å². The van der Waals surface area contributed by atoms with Crippen molar-refractivity contribution in [2.24, 2.45) is 5.73 Å². The predicted molar refractivity (Wildman–Crippen MR) is 126 cm³/mol. The van der Waals surface area contributed by atoms with Crippen LogP contribution in [-0.2, 0) is 0 Å². The summed E-state index contributed by atoms with van der Waals surface area (Å²) in [6.07, 6.45) is 4.29. The van der Waals surface area contributed by atoms with E-state index in [2.05, 4.69) is 21.8 Å². The molecule has 0 spiro atoms. The Kier molecular flexibility index (Phi) is 7.14. The first-order valence-electron chi connectivity index (χ1n) is 11.3. The summed E-state index contributed by atoms with van der Waals surface area (Å²) in [7, 11) is 0. The Morgan fingerprint density at radius 3 is 2.76 bits per heavy atom. The topological polar surface area (TPSA) is 84.6 Å². The number of carbonyl (C=O) groups excluding carboxylic acids is 1. The quantitative estimate of drug-likeness (QED) is 0.689. The lowest BCUT2D eigenvalue weighted by molar-refractivity contribution is 0.0773. The number of nitrogens with two attached hydrogens (primary N) is 1. The molecule has 9 heteroatoms. The minimum atomic E-state index is -0.435. The summed E-state index contributed by atoms with van der Waals surface area (Å²) < 4.78 is 20.2. The van der Waals surface area contributed by atoms with Gasteiger partial charge >= 0.3 is 0 Å². The molecule has 1 aromatic carbocycles. The van der Waals surface area contributed by atoms with Gasteiger partial charge in [-0.25, -0.2) is 14.4 Å². The summed E-state index contributed by atoms with van der Waals surface area (Å²) in [4.78, 5) is 26.0. The van der Waals surface area contributed by atoms with Gasteiger partial charge in [0.05, 0.1) is 29.4 Å². The Bertz CT molecular complexity index is 1070. The molecule has 7 nitrogen and oxygen atoms in total. The van der Waals surface area contributed by atoms with Crippen LogP contribution in [0.3, 0.4) is 0 Å². The van der Waals surface area contributed by atoms with Gasteiger partial charge in [-0.3, -0.25) is 4.79 Å². The number of benzene rings is 1. The number of carbonyl (C=O) groups is 1. The Labute approximate surface area is 198 Å². The SMILES string of the molecule is CCCN1CCC(Oc2cc(F)ccc2C(=O)N2CC(N)=C(c3ncc(Cl)c(C)n3)C2)CC1. The molecule has 0 unspecified atom stereocenters. The number of aromatic nitrogens is 2. The third-order valence-electron chi connectivity index (χ3n) is 6.12. The second kappa shape index (κ2) is 10.1. The molecule has 2 N–H and O–H groups in total. The first kappa shape index (κ1) is 23.4. The van der Waals surface area contributed by atoms with Crippen LogP contribution in [-0.4, -0.2) is 64.5 Å². The van der Waals surface area contributed by atoms with Crippen LogP contribution in [0.5, 0.6) is 5.75 Å². The minimum Gasteiger partial charge on any atom is -0.489 e. The number of aryl methyl sites for hydroxylation is 1. The van der Waals surface area contributed by atoms with Gasteiger partial charge in [-0.2, -0.15) is 0 Å². The molecule has 2 aromatic rings. The smallest absolute Gasteiger partial charge is 0.258 e. The van der Waals surface area contributed by atoms with Crippen molar-refractivity contribution in [3.63, 3.8) is 0 Å². The number of hydrogen-bond donors (Lipinski definition) is 1. The number of amides is 1. The van der Waals surface area contributed by atoms with Gasteiger partial charge in [-0.15, -0.1) is 0 Å². The average molecular weight is 474 g/mol. The molecular weight excluding hydrogens is 445 g/mol. The van der Waals surface area contributed by atoms with Crippen molar-refractivity contribution < 1.29 is 13.9 Å². The Balaban J connectivity index is 1.48. The molecule has 0 saturated carbocycles. The zero-order valence-electron chi connectivity index (χ0n) is 19.0. The fraction of sp³-hybridized carbons (Fsp3) is 0.458. The highest BCUT2D eigenvalue weighted by Crippen LogP contribution is 2.29. The summed E-state index contributed by atoms with van der Waals surface area (Å²) in [6.45, 7) is 7.40. The highest BCUT2D eigenvalue weighted by atomic mass is 35.5. The summed E-state index contributed by atoms with van der Waals surface area (Å²) >= 11 is 6.03. The van der Waals surface area contributed by atoms with Gasteiger partial charge in [0.2, 0.25) is 0 Å². The molecule has 176 valence electrons. The molecular formula is C24H29ClFN5O2. The van der Waals surface area contributed by atoms with Crippen LogP contribution in [0.4, 0.5) is 4.39 Å². The first-order chi connectivity index (χ1) is 15.9. The van der Waals surface area contributed by atoms with Gasteiger partial charge in [-0.05, 0) is 44.9 Å². The normalized spacial score (nSPS) is 17.6. The van der Waals surface area contributed by atoms with Crippen LogP contribution >= 0.6 is 11.6 Å². The van der Waals surface area contributed by atoms with E-state index in [4.69, 9.17) is 22.1 Å². The van der Waals surface area contributed by atoms with E-state index in [1.165, 1.54) is 24.4 Å². The average Bonchev–Trinajstić information content (AvgIpc) is 3.18. The Morgan fingerprint density at radius 2 is 2.06 bits per heavy atom. The van der Waals surface area contributed by atoms with Gasteiger partial charge in [0.1, 0.15) is 17.7 Å². The molecule has 0 radical (unpaired) electrons. The van der Waals surface area contributed by atoms with Gasteiger partial charge < -0.3 is 20.3 Å². The molecule has 1 saturated heterocycles. The summed E-state index contributed by atoms with van der Waals surface area (Å²) in [5.41, 5.74) is 8.42. The molecule has 4 rings (SSSR count). The van der Waals surface area contributed by atoms with Crippen LogP contribution in [0.15, 0.2) is 30.1 Å². The molecule has 1 fully saturated rings. The second-order valence-corrected chi connectivity index (χ2v) is 9.00. The van der Waals surface area contributed by atoms with Crippen LogP contribution in [0.2, 0.25) is 5.02 Å². The molecule has 0 bridgehead atoms. The number of ether oxygens (including phenoxy) is 1. The van der Waals surface area contributed by atoms with E-state index in [9.17, 15) is 9.18 Å². The lowest BCUT2D eigenvalue weighted by Gasteiger charge is -2.32. The molecule has 0 aliphatic carbocycles. The van der Waals surface area contributed by atoms with Crippen LogP contribution < -0.4 is 10.5 Å². The van der Waals surface area contributed by atoms with Crippen molar-refractivity contribution in [3.8, 4) is 5.75 Å². The van der Waals surface area contributed by atoms with E-state index < -0.39 is 5.82 Å². The number of halogens is 2. The summed E-state index contributed by atoms with van der Waals surface area (Å²) in [5, 5.41) is 0.470. The van der Waals surface area contributed by atoms with Crippen molar-refractivity contribution in [3.05, 3.63) is 58.0 Å². The molecule has 2 aliphatic rings. The fourth-order valence-corrected chi connectivity index (χ4v) is 4.38. The van der Waals surface area contributed by atoms with Crippen LogP contribution in [0, 0.1) is 12.7 Å². The number of rotatable bonds is 6. The van der Waals surface area contributed by atoms with Crippen molar-refractivity contribution >= 4 is 23.1 Å². The third-order valence-corrected chi connectivity index (χ3v) is 6.49. The molecule has 33 heavy (non-hydrogen) atoms. The molecule has 1 amide bonds. The monoisotopic (exact) mass is 473 g/mol. The number of likely N-dealkylation sites (tertiary alicyclic amines) is 1. The van der Waals surface area contributed by atoms with Gasteiger partial charge in [0, 0.05) is 36.6 Å². The van der Waals surface area contributed by atoms with Crippen LogP contribution in [0.25, 0.3) is 5.57 Å². The molecule has 2 aliphatic heterocycles. The van der Waals surface area contributed by atoms with Crippen molar-refractivity contribution in [1.82, 2.24) is 19.8 Å². The van der Waals surface area contributed by atoms with Crippen molar-refractivity contribution in [2.45, 2.75) is 39.2 Å². The number of hydrogen-bond acceptors (Lipinski definition) is 6. The minimum absolute atomic E-state index is 0.0470. The Hall–Kier alpha value is -2.71. The maximum absolute atomic E-state index is 14.1. The second-order valence-electron chi connectivity index (χ2n) is 8.59. The molecule has 0 atom stereocenters. The van der Waals surface area contributed by atoms with E-state index in [0.717, 1.165) is 38.9 Å². The first-order valence-corrected chi connectivity index (χ1v) is 11.7. The van der Waals surface area contributed by atoms with Gasteiger partial charge in [0.25, 0.3) is 5.91 Å². The highest BCUT2D eigenvalue weighted by molar-refractivity contribution is 6.31. The standard InChI is InChI=1S/C24H29ClFN5O2/c1-3-8-30-9-6-17(7-10-30)33-22-11-16(26)4-5-18(22)24(32)31-13-19(21(27)14-31)23-28-12-20(25)15(2)29-23/h4-5,11-12,17H,3,6-10,13-14,27H2,1-2H3. The lowest BCUT2D eigenvalue weighted by atomic mass is 10.1. The number of nitrogens with zero attached hydrogens (tertiary/aromatic N) is 4. The largest absolute Gasteiger partial charge is 0.489 e. The predicted octanol–water partition coefficient (Wildman–Crippen LogP) is 3.66.